The summed E-state index contributed by atoms with van der Waals surface area (Å²) in [5.74, 6) is 0.443. The van der Waals surface area contributed by atoms with Crippen LogP contribution in [0.2, 0.25) is 0 Å². The SMILES string of the molecule is COCCCC(=O)NC(C(N)=S)C1CCCCC1. The van der Waals surface area contributed by atoms with Crippen LogP contribution in [0, 0.1) is 5.92 Å². The quantitative estimate of drug-likeness (QED) is 0.547. The number of hydrogen-bond donors (Lipinski definition) is 2. The largest absolute Gasteiger partial charge is 0.392 e. The van der Waals surface area contributed by atoms with Crippen LogP contribution in [0.1, 0.15) is 44.9 Å². The zero-order chi connectivity index (χ0) is 13.4. The second kappa shape index (κ2) is 8.43. The summed E-state index contributed by atoms with van der Waals surface area (Å²) in [6.07, 6.45) is 7.13. The topological polar surface area (TPSA) is 64.3 Å². The van der Waals surface area contributed by atoms with Crippen molar-refractivity contribution in [1.29, 1.82) is 0 Å². The highest BCUT2D eigenvalue weighted by atomic mass is 32.1. The number of nitrogens with one attached hydrogen (secondary N) is 1. The first-order valence-electron chi connectivity index (χ1n) is 6.72. The van der Waals surface area contributed by atoms with Gasteiger partial charge in [-0.05, 0) is 25.2 Å². The minimum atomic E-state index is -0.129. The molecule has 0 aliphatic heterocycles. The highest BCUT2D eigenvalue weighted by molar-refractivity contribution is 7.80. The maximum Gasteiger partial charge on any atom is 0.220 e. The van der Waals surface area contributed by atoms with Gasteiger partial charge >= 0.3 is 0 Å². The van der Waals surface area contributed by atoms with Crippen LogP contribution in [0.4, 0.5) is 0 Å². The molecule has 1 aliphatic rings. The lowest BCUT2D eigenvalue weighted by molar-refractivity contribution is -0.122. The van der Waals surface area contributed by atoms with Gasteiger partial charge in [-0.3, -0.25) is 4.79 Å². The van der Waals surface area contributed by atoms with Gasteiger partial charge in [0.1, 0.15) is 0 Å². The predicted molar refractivity (Wildman–Crippen MR) is 76.4 cm³/mol. The first kappa shape index (κ1) is 15.4. The minimum absolute atomic E-state index is 0.0235. The van der Waals surface area contributed by atoms with Gasteiger partial charge < -0.3 is 15.8 Å². The van der Waals surface area contributed by atoms with Gasteiger partial charge in [0.15, 0.2) is 0 Å². The number of methoxy groups -OCH3 is 1. The van der Waals surface area contributed by atoms with Gasteiger partial charge in [-0.2, -0.15) is 0 Å². The summed E-state index contributed by atoms with van der Waals surface area (Å²) in [7, 11) is 1.64. The van der Waals surface area contributed by atoms with E-state index in [9.17, 15) is 4.79 Å². The highest BCUT2D eigenvalue weighted by Gasteiger charge is 2.26. The molecule has 5 heteroatoms. The minimum Gasteiger partial charge on any atom is -0.392 e. The Kier molecular flexibility index (Phi) is 7.20. The smallest absolute Gasteiger partial charge is 0.220 e. The fraction of sp³-hybridized carbons (Fsp3) is 0.846. The summed E-state index contributed by atoms with van der Waals surface area (Å²) in [5, 5.41) is 2.98. The van der Waals surface area contributed by atoms with Gasteiger partial charge in [0, 0.05) is 20.1 Å². The molecule has 1 saturated carbocycles. The molecule has 1 atom stereocenters. The third-order valence-corrected chi connectivity index (χ3v) is 3.75. The summed E-state index contributed by atoms with van der Waals surface area (Å²) < 4.78 is 4.93. The van der Waals surface area contributed by atoms with Gasteiger partial charge in [-0.1, -0.05) is 31.5 Å². The summed E-state index contributed by atoms with van der Waals surface area (Å²) in [5.41, 5.74) is 5.76. The van der Waals surface area contributed by atoms with Crippen molar-refractivity contribution < 1.29 is 9.53 Å². The monoisotopic (exact) mass is 272 g/mol. The van der Waals surface area contributed by atoms with Gasteiger partial charge in [-0.15, -0.1) is 0 Å². The van der Waals surface area contributed by atoms with Crippen molar-refractivity contribution in [3.05, 3.63) is 0 Å². The fourth-order valence-electron chi connectivity index (χ4n) is 2.51. The number of carbonyl (C=O) groups excluding carboxylic acids is 1. The van der Waals surface area contributed by atoms with Gasteiger partial charge in [0.25, 0.3) is 0 Å². The Morgan fingerprint density at radius 3 is 2.67 bits per heavy atom. The van der Waals surface area contributed by atoms with Gasteiger partial charge in [0.2, 0.25) is 5.91 Å². The number of carbonyl (C=O) groups is 1. The van der Waals surface area contributed by atoms with E-state index >= 15 is 0 Å². The Labute approximate surface area is 115 Å². The van der Waals surface area contributed by atoms with Crippen LogP contribution in [0.3, 0.4) is 0 Å². The molecule has 0 bridgehead atoms. The first-order valence-corrected chi connectivity index (χ1v) is 7.13. The molecule has 1 unspecified atom stereocenters. The average Bonchev–Trinajstić information content (AvgIpc) is 2.37. The van der Waals surface area contributed by atoms with Gasteiger partial charge in [0.05, 0.1) is 11.0 Å². The van der Waals surface area contributed by atoms with Crippen LogP contribution in [-0.2, 0) is 9.53 Å². The summed E-state index contributed by atoms with van der Waals surface area (Å²) in [6, 6.07) is -0.129. The summed E-state index contributed by atoms with van der Waals surface area (Å²) >= 11 is 5.09. The van der Waals surface area contributed by atoms with Crippen molar-refractivity contribution in [2.45, 2.75) is 51.0 Å². The third kappa shape index (κ3) is 5.31. The maximum absolute atomic E-state index is 11.8. The molecule has 3 N–H and O–H groups in total. The van der Waals surface area contributed by atoms with Crippen molar-refractivity contribution >= 4 is 23.1 Å². The lowest BCUT2D eigenvalue weighted by Gasteiger charge is -2.30. The standard InChI is InChI=1S/C13H24N2O2S/c1-17-9-5-8-11(16)15-12(13(14)18)10-6-3-2-4-7-10/h10,12H,2-9H2,1H3,(H2,14,18)(H,15,16). The van der Waals surface area contributed by atoms with E-state index in [-0.39, 0.29) is 11.9 Å². The molecule has 4 nitrogen and oxygen atoms in total. The lowest BCUT2D eigenvalue weighted by atomic mass is 9.84. The van der Waals surface area contributed by atoms with Crippen molar-refractivity contribution in [2.75, 3.05) is 13.7 Å². The van der Waals surface area contributed by atoms with Crippen LogP contribution in [0.15, 0.2) is 0 Å². The number of rotatable bonds is 7. The molecule has 1 amide bonds. The molecular weight excluding hydrogens is 248 g/mol. The van der Waals surface area contributed by atoms with Crippen molar-refractivity contribution in [1.82, 2.24) is 5.32 Å². The molecule has 1 fully saturated rings. The summed E-state index contributed by atoms with van der Waals surface area (Å²) in [6.45, 7) is 0.606. The number of hydrogen-bond acceptors (Lipinski definition) is 3. The fourth-order valence-corrected chi connectivity index (χ4v) is 2.76. The van der Waals surface area contributed by atoms with Crippen LogP contribution in [0.5, 0.6) is 0 Å². The second-order valence-corrected chi connectivity index (χ2v) is 5.41. The Morgan fingerprint density at radius 1 is 1.44 bits per heavy atom. The molecule has 104 valence electrons. The molecule has 18 heavy (non-hydrogen) atoms. The molecule has 0 aromatic heterocycles. The number of ether oxygens (including phenoxy) is 1. The van der Waals surface area contributed by atoms with E-state index in [1.54, 1.807) is 7.11 Å². The Hall–Kier alpha value is -0.680. The third-order valence-electron chi connectivity index (χ3n) is 3.50. The van der Waals surface area contributed by atoms with Crippen LogP contribution < -0.4 is 11.1 Å². The normalized spacial score (nSPS) is 18.3. The van der Waals surface area contributed by atoms with Crippen LogP contribution >= 0.6 is 12.2 Å². The predicted octanol–water partition coefficient (Wildman–Crippen LogP) is 1.76. The number of thiocarbonyl (C=S) groups is 1. The zero-order valence-corrected chi connectivity index (χ0v) is 11.9. The molecule has 0 aromatic carbocycles. The lowest BCUT2D eigenvalue weighted by Crippen LogP contribution is -2.48. The van der Waals surface area contributed by atoms with Crippen LogP contribution in [0.25, 0.3) is 0 Å². The van der Waals surface area contributed by atoms with E-state index in [0.717, 1.165) is 19.3 Å². The molecule has 0 radical (unpaired) electrons. The van der Waals surface area contributed by atoms with E-state index in [1.807, 2.05) is 0 Å². The molecule has 0 aromatic rings. The van der Waals surface area contributed by atoms with Crippen LogP contribution in [-0.4, -0.2) is 30.7 Å². The molecule has 1 rings (SSSR count). The van der Waals surface area contributed by atoms with E-state index in [2.05, 4.69) is 5.32 Å². The van der Waals surface area contributed by atoms with E-state index in [4.69, 9.17) is 22.7 Å². The highest BCUT2D eigenvalue weighted by Crippen LogP contribution is 2.26. The maximum atomic E-state index is 11.8. The number of amides is 1. The molecule has 0 spiro atoms. The Balaban J connectivity index is 2.41. The van der Waals surface area contributed by atoms with E-state index in [0.29, 0.717) is 23.9 Å². The second-order valence-electron chi connectivity index (χ2n) is 4.94. The number of nitrogens with two attached hydrogens (primary N) is 1. The van der Waals surface area contributed by atoms with Crippen molar-refractivity contribution in [2.24, 2.45) is 11.7 Å². The molecule has 1 aliphatic carbocycles. The first-order chi connectivity index (χ1) is 8.65. The Morgan fingerprint density at radius 2 is 2.11 bits per heavy atom. The van der Waals surface area contributed by atoms with Crippen molar-refractivity contribution in [3.63, 3.8) is 0 Å². The van der Waals surface area contributed by atoms with Gasteiger partial charge in [-0.25, -0.2) is 0 Å². The van der Waals surface area contributed by atoms with E-state index in [1.165, 1.54) is 19.3 Å². The van der Waals surface area contributed by atoms with Crippen molar-refractivity contribution in [3.8, 4) is 0 Å². The molecule has 0 heterocycles. The molecule has 0 saturated heterocycles. The van der Waals surface area contributed by atoms with E-state index < -0.39 is 0 Å². The summed E-state index contributed by atoms with van der Waals surface area (Å²) in [4.78, 5) is 12.2. The average molecular weight is 272 g/mol. The zero-order valence-electron chi connectivity index (χ0n) is 11.1. The molecular formula is C13H24N2O2S. The Bertz CT molecular complexity index is 278.